The second kappa shape index (κ2) is 9.13. The minimum Gasteiger partial charge on any atom is -1.00 e. The van der Waals surface area contributed by atoms with E-state index in [4.69, 9.17) is 9.26 Å². The number of hydrogen-bond donors (Lipinski definition) is 0. The molecule has 180 valence electrons. The molecule has 0 N–H and O–H groups in total. The van der Waals surface area contributed by atoms with Gasteiger partial charge in [-0.25, -0.2) is 0 Å². The van der Waals surface area contributed by atoms with Crippen molar-refractivity contribution in [1.29, 1.82) is 0 Å². The lowest BCUT2D eigenvalue weighted by molar-refractivity contribution is -0.870. The van der Waals surface area contributed by atoms with Gasteiger partial charge in [-0.05, 0) is 31.5 Å². The zero-order valence-electron chi connectivity index (χ0n) is 19.5. The summed E-state index contributed by atoms with van der Waals surface area (Å²) in [4.78, 5) is 31.6. The minimum absolute atomic E-state index is 0. The van der Waals surface area contributed by atoms with E-state index in [1.54, 1.807) is 7.11 Å². The van der Waals surface area contributed by atoms with Crippen molar-refractivity contribution in [2.45, 2.75) is 31.3 Å². The normalized spacial score (nSPS) is 27.1. The molecule has 0 aliphatic carbocycles. The highest BCUT2D eigenvalue weighted by molar-refractivity contribution is 7.17. The molecule has 0 spiro atoms. The Labute approximate surface area is 208 Å². The van der Waals surface area contributed by atoms with Gasteiger partial charge in [0.15, 0.2) is 10.8 Å². The molecule has 3 aliphatic rings. The molecule has 0 unspecified atom stereocenters. The molecule has 2 aromatic rings. The van der Waals surface area contributed by atoms with Crippen molar-refractivity contribution in [3.63, 3.8) is 0 Å². The third-order valence-electron chi connectivity index (χ3n) is 7.01. The van der Waals surface area contributed by atoms with Gasteiger partial charge in [0.2, 0.25) is 11.8 Å². The number of amides is 2. The van der Waals surface area contributed by atoms with Crippen LogP contribution in [0.3, 0.4) is 0 Å². The lowest BCUT2D eigenvalue weighted by atomic mass is 9.86. The summed E-state index contributed by atoms with van der Waals surface area (Å²) in [6.07, 6.45) is 2.81. The highest BCUT2D eigenvalue weighted by Gasteiger charge is 2.63. The number of carbonyl (C=O) groups is 2. The number of aromatic nitrogens is 1. The highest BCUT2D eigenvalue weighted by Crippen LogP contribution is 2.53. The van der Waals surface area contributed by atoms with E-state index in [9.17, 15) is 9.59 Å². The molecule has 3 saturated heterocycles. The molecule has 0 radical (unpaired) electrons. The molecule has 0 aromatic carbocycles. The number of quaternary nitrogens is 1. The Morgan fingerprint density at radius 1 is 1.21 bits per heavy atom. The van der Waals surface area contributed by atoms with Crippen LogP contribution in [-0.4, -0.2) is 85.2 Å². The summed E-state index contributed by atoms with van der Waals surface area (Å²) in [5.41, 5.74) is 0.751. The predicted molar refractivity (Wildman–Crippen MR) is 120 cm³/mol. The van der Waals surface area contributed by atoms with E-state index < -0.39 is 0 Å². The van der Waals surface area contributed by atoms with Crippen LogP contribution >= 0.6 is 11.3 Å². The van der Waals surface area contributed by atoms with Crippen LogP contribution in [0.15, 0.2) is 22.7 Å². The number of methoxy groups -OCH3 is 1. The summed E-state index contributed by atoms with van der Waals surface area (Å²) < 4.78 is 11.8. The van der Waals surface area contributed by atoms with Gasteiger partial charge in [0, 0.05) is 25.1 Å². The summed E-state index contributed by atoms with van der Waals surface area (Å²) in [5.74, 6) is 0.00796. The predicted octanol–water partition coefficient (Wildman–Crippen LogP) is -0.368. The quantitative estimate of drug-likeness (QED) is 0.353. The first kappa shape index (κ1) is 24.4. The maximum Gasteiger partial charge on any atom is 0.235 e. The molecule has 0 saturated carbocycles. The molecule has 0 bridgehead atoms. The van der Waals surface area contributed by atoms with Gasteiger partial charge < -0.3 is 30.7 Å². The van der Waals surface area contributed by atoms with Crippen molar-refractivity contribution in [3.05, 3.63) is 23.9 Å². The molecule has 2 amide bonds. The van der Waals surface area contributed by atoms with Gasteiger partial charge in [0.05, 0.1) is 57.6 Å². The third kappa shape index (κ3) is 4.26. The maximum atomic E-state index is 13.5. The van der Waals surface area contributed by atoms with E-state index in [1.165, 1.54) is 16.2 Å². The Balaban J connectivity index is 0.00000259. The van der Waals surface area contributed by atoms with Crippen LogP contribution in [0.1, 0.15) is 31.0 Å². The topological polar surface area (TPSA) is 75.9 Å². The van der Waals surface area contributed by atoms with Crippen LogP contribution in [0.5, 0.6) is 5.06 Å². The number of rotatable bonds is 7. The summed E-state index contributed by atoms with van der Waals surface area (Å²) in [5, 5.41) is 5.18. The lowest BCUT2D eigenvalue weighted by Gasteiger charge is -2.28. The zero-order valence-corrected chi connectivity index (χ0v) is 21.9. The first-order chi connectivity index (χ1) is 15.3. The number of carbonyl (C=O) groups excluding carboxylic acids is 2. The monoisotopic (exact) mass is 538 g/mol. The highest BCUT2D eigenvalue weighted by atomic mass is 79.9. The van der Waals surface area contributed by atoms with E-state index in [0.717, 1.165) is 52.5 Å². The number of fused-ring (bicyclic) bond motifs is 3. The molecule has 5 heterocycles. The Bertz CT molecular complexity index is 1030. The number of imide groups is 1. The number of ether oxygens (including phenoxy) is 1. The second-order valence-corrected chi connectivity index (χ2v) is 11.1. The minimum atomic E-state index is -0.368. The number of halogens is 1. The van der Waals surface area contributed by atoms with Crippen molar-refractivity contribution in [1.82, 2.24) is 15.0 Å². The molecule has 5 rings (SSSR count). The SMILES string of the molecule is COc1ccc(-c2cc([C@@H]3[C@@H]4C(=O)N(CCC[N+](C)(C)C)C(=O)[C@@H]4[C@H]4CCCN43)no2)s1.[Br-]. The van der Waals surface area contributed by atoms with E-state index >= 15 is 0 Å². The molecule has 3 aliphatic heterocycles. The second-order valence-electron chi connectivity index (χ2n) is 10.1. The first-order valence-electron chi connectivity index (χ1n) is 11.3. The summed E-state index contributed by atoms with van der Waals surface area (Å²) in [7, 11) is 8.02. The summed E-state index contributed by atoms with van der Waals surface area (Å²) >= 11 is 1.49. The van der Waals surface area contributed by atoms with Gasteiger partial charge in [0.1, 0.15) is 5.69 Å². The lowest BCUT2D eigenvalue weighted by Crippen LogP contribution is -3.00. The number of hydrogen-bond acceptors (Lipinski definition) is 7. The maximum absolute atomic E-state index is 13.5. The number of thiophene rings is 1. The van der Waals surface area contributed by atoms with Gasteiger partial charge in [-0.3, -0.25) is 19.4 Å². The van der Waals surface area contributed by atoms with E-state index in [-0.39, 0.29) is 52.7 Å². The number of likely N-dealkylation sites (tertiary alicyclic amines) is 1. The molecule has 33 heavy (non-hydrogen) atoms. The van der Waals surface area contributed by atoms with E-state index in [2.05, 4.69) is 31.2 Å². The Morgan fingerprint density at radius 3 is 2.67 bits per heavy atom. The van der Waals surface area contributed by atoms with Crippen LogP contribution in [0.2, 0.25) is 0 Å². The fourth-order valence-electron chi connectivity index (χ4n) is 5.65. The number of nitrogens with zero attached hydrogens (tertiary/aromatic N) is 4. The third-order valence-corrected chi connectivity index (χ3v) is 8.07. The van der Waals surface area contributed by atoms with Crippen LogP contribution < -0.4 is 21.7 Å². The fourth-order valence-corrected chi connectivity index (χ4v) is 6.42. The molecular formula is C23H31BrN4O4S. The van der Waals surface area contributed by atoms with Crippen molar-refractivity contribution in [2.24, 2.45) is 11.8 Å². The molecule has 4 atom stereocenters. The summed E-state index contributed by atoms with van der Waals surface area (Å²) in [6, 6.07) is 5.70. The van der Waals surface area contributed by atoms with Crippen molar-refractivity contribution in [3.8, 4) is 15.7 Å². The van der Waals surface area contributed by atoms with Gasteiger partial charge in [-0.15, -0.1) is 0 Å². The van der Waals surface area contributed by atoms with Crippen LogP contribution in [-0.2, 0) is 9.59 Å². The van der Waals surface area contributed by atoms with Gasteiger partial charge in [-0.1, -0.05) is 16.5 Å². The zero-order chi connectivity index (χ0) is 22.6. The molecular weight excluding hydrogens is 508 g/mol. The van der Waals surface area contributed by atoms with Gasteiger partial charge >= 0.3 is 0 Å². The molecule has 10 heteroatoms. The van der Waals surface area contributed by atoms with Crippen molar-refractivity contribution in [2.75, 3.05) is 47.9 Å². The summed E-state index contributed by atoms with van der Waals surface area (Å²) in [6.45, 7) is 2.31. The molecule has 8 nitrogen and oxygen atoms in total. The largest absolute Gasteiger partial charge is 1.00 e. The molecule has 3 fully saturated rings. The van der Waals surface area contributed by atoms with E-state index in [1.807, 2.05) is 18.2 Å². The average Bonchev–Trinajstić information content (AvgIpc) is 3.52. The van der Waals surface area contributed by atoms with Crippen LogP contribution in [0.25, 0.3) is 10.6 Å². The van der Waals surface area contributed by atoms with E-state index in [0.29, 0.717) is 12.3 Å². The van der Waals surface area contributed by atoms with Crippen molar-refractivity contribution >= 4 is 23.2 Å². The van der Waals surface area contributed by atoms with Crippen LogP contribution in [0.4, 0.5) is 0 Å². The average molecular weight is 539 g/mol. The molecule has 2 aromatic heterocycles. The van der Waals surface area contributed by atoms with Gasteiger partial charge in [-0.2, -0.15) is 0 Å². The first-order valence-corrected chi connectivity index (χ1v) is 12.1. The van der Waals surface area contributed by atoms with Gasteiger partial charge in [0.25, 0.3) is 0 Å². The smallest absolute Gasteiger partial charge is 0.235 e. The van der Waals surface area contributed by atoms with Crippen LogP contribution in [0, 0.1) is 11.8 Å². The fraction of sp³-hybridized carbons (Fsp3) is 0.609. The Morgan fingerprint density at radius 2 is 1.97 bits per heavy atom. The Hall–Kier alpha value is -1.75. The standard InChI is InChI=1S/C23H31N4O4S.BrH/c1-27(2,3)12-6-11-26-22(28)19-15-7-5-10-25(15)21(20(19)23(26)29)14-13-16(31-24-14)17-8-9-18(30-4)32-17;/h8-9,13,15,19-21H,5-7,10-12H2,1-4H3;1H/q+1;/p-1/t15-,19-,20-,21-;/m1./s1. The van der Waals surface area contributed by atoms with Crippen molar-refractivity contribution < 1.29 is 40.3 Å². The Kier molecular flexibility index (Phi) is 6.74.